The minimum atomic E-state index is -1.13. The van der Waals surface area contributed by atoms with E-state index in [1.807, 2.05) is 0 Å². The summed E-state index contributed by atoms with van der Waals surface area (Å²) in [5.41, 5.74) is -0.0352. The van der Waals surface area contributed by atoms with E-state index in [0.29, 0.717) is 18.2 Å². The minimum Gasteiger partial charge on any atom is -0.478 e. The highest BCUT2D eigenvalue weighted by Crippen LogP contribution is 2.12. The molecule has 0 spiro atoms. The molecule has 0 saturated carbocycles. The second-order valence-corrected chi connectivity index (χ2v) is 6.36. The lowest BCUT2D eigenvalue weighted by molar-refractivity contribution is -0.133. The van der Waals surface area contributed by atoms with Gasteiger partial charge in [0.15, 0.2) is 0 Å². The van der Waals surface area contributed by atoms with Crippen LogP contribution in [0.3, 0.4) is 0 Å². The van der Waals surface area contributed by atoms with E-state index < -0.39 is 11.9 Å². The molecule has 1 unspecified atom stereocenters. The summed E-state index contributed by atoms with van der Waals surface area (Å²) in [6.45, 7) is 1.92. The van der Waals surface area contributed by atoms with Gasteiger partial charge in [-0.25, -0.2) is 4.79 Å². The Morgan fingerprint density at radius 3 is 2.39 bits per heavy atom. The van der Waals surface area contributed by atoms with Gasteiger partial charge < -0.3 is 15.7 Å². The van der Waals surface area contributed by atoms with Crippen molar-refractivity contribution >= 4 is 43.0 Å². The molecule has 0 radical (unpaired) electrons. The van der Waals surface area contributed by atoms with Crippen LogP contribution >= 0.6 is 25.3 Å². The number of hydrogen-bond donors (Lipinski definition) is 5. The van der Waals surface area contributed by atoms with Gasteiger partial charge in [0, 0.05) is 36.4 Å². The van der Waals surface area contributed by atoms with Crippen LogP contribution in [0, 0.1) is 0 Å². The van der Waals surface area contributed by atoms with E-state index in [1.165, 1.54) is 6.92 Å². The van der Waals surface area contributed by atoms with Crippen molar-refractivity contribution in [1.82, 2.24) is 10.6 Å². The summed E-state index contributed by atoms with van der Waals surface area (Å²) < 4.78 is 0. The number of carboxylic acid groups (broad SMARTS) is 1. The number of carbonyl (C=O) groups excluding carboxylic acids is 2. The largest absolute Gasteiger partial charge is 0.478 e. The Morgan fingerprint density at radius 2 is 1.78 bits per heavy atom. The molecule has 0 aromatic carbocycles. The third-order valence-electron chi connectivity index (χ3n) is 3.08. The summed E-state index contributed by atoms with van der Waals surface area (Å²) in [7, 11) is 0. The van der Waals surface area contributed by atoms with Crippen molar-refractivity contribution in [3.63, 3.8) is 0 Å². The van der Waals surface area contributed by atoms with Crippen LogP contribution in [0.5, 0.6) is 0 Å². The summed E-state index contributed by atoms with van der Waals surface area (Å²) in [6.07, 6.45) is 5.17. The van der Waals surface area contributed by atoms with Crippen LogP contribution in [0.2, 0.25) is 0 Å². The molecule has 0 bridgehead atoms. The van der Waals surface area contributed by atoms with Gasteiger partial charge in [-0.1, -0.05) is 6.42 Å². The third kappa shape index (κ3) is 13.0. The van der Waals surface area contributed by atoms with E-state index in [0.717, 1.165) is 37.5 Å². The van der Waals surface area contributed by atoms with Gasteiger partial charge in [-0.2, -0.15) is 25.3 Å². The first-order valence-electron chi connectivity index (χ1n) is 7.61. The molecule has 0 aromatic rings. The zero-order valence-electron chi connectivity index (χ0n) is 13.4. The van der Waals surface area contributed by atoms with Crippen molar-refractivity contribution in [3.8, 4) is 0 Å². The molecule has 0 aliphatic heterocycles. The number of thiol groups is 2. The Balaban J connectivity index is 3.66. The van der Waals surface area contributed by atoms with Crippen molar-refractivity contribution in [2.45, 2.75) is 44.3 Å². The van der Waals surface area contributed by atoms with E-state index in [2.05, 4.69) is 35.9 Å². The van der Waals surface area contributed by atoms with E-state index in [9.17, 15) is 14.4 Å². The average Bonchev–Trinajstić information content (AvgIpc) is 2.48. The lowest BCUT2D eigenvalue weighted by atomic mass is 10.1. The number of carboxylic acids is 1. The SMILES string of the molecule is C/C(=C\C(=O)NCCNC(=O)CCCCC(S)CCS)C(=O)O. The van der Waals surface area contributed by atoms with E-state index in [4.69, 9.17) is 5.11 Å². The fourth-order valence-electron chi connectivity index (χ4n) is 1.74. The van der Waals surface area contributed by atoms with Crippen LogP contribution in [0.4, 0.5) is 0 Å². The van der Waals surface area contributed by atoms with Crippen LogP contribution in [0.15, 0.2) is 11.6 Å². The van der Waals surface area contributed by atoms with Crippen LogP contribution in [-0.4, -0.2) is 47.0 Å². The Kier molecular flexibility index (Phi) is 12.6. The van der Waals surface area contributed by atoms with Gasteiger partial charge in [0.25, 0.3) is 0 Å². The molecular formula is C15H26N2O4S2. The smallest absolute Gasteiger partial charge is 0.331 e. The lowest BCUT2D eigenvalue weighted by Gasteiger charge is -2.09. The molecule has 0 rings (SSSR count). The topological polar surface area (TPSA) is 95.5 Å². The van der Waals surface area contributed by atoms with Crippen molar-refractivity contribution in [3.05, 3.63) is 11.6 Å². The zero-order chi connectivity index (χ0) is 17.7. The number of hydrogen-bond acceptors (Lipinski definition) is 5. The van der Waals surface area contributed by atoms with Gasteiger partial charge in [-0.3, -0.25) is 9.59 Å². The van der Waals surface area contributed by atoms with E-state index in [-0.39, 0.29) is 18.0 Å². The molecule has 3 N–H and O–H groups in total. The first-order valence-corrected chi connectivity index (χ1v) is 8.76. The monoisotopic (exact) mass is 362 g/mol. The Hall–Kier alpha value is -1.15. The summed E-state index contributed by atoms with van der Waals surface area (Å²) in [4.78, 5) is 33.5. The molecule has 132 valence electrons. The van der Waals surface area contributed by atoms with E-state index in [1.54, 1.807) is 0 Å². The van der Waals surface area contributed by atoms with Crippen molar-refractivity contribution < 1.29 is 19.5 Å². The van der Waals surface area contributed by atoms with Crippen LogP contribution in [-0.2, 0) is 14.4 Å². The molecule has 0 saturated heterocycles. The normalized spacial score (nSPS) is 12.6. The highest BCUT2D eigenvalue weighted by atomic mass is 32.1. The van der Waals surface area contributed by atoms with Crippen LogP contribution in [0.1, 0.15) is 39.0 Å². The number of carbonyl (C=O) groups is 3. The highest BCUT2D eigenvalue weighted by molar-refractivity contribution is 7.81. The van der Waals surface area contributed by atoms with Gasteiger partial charge in [0.2, 0.25) is 11.8 Å². The lowest BCUT2D eigenvalue weighted by Crippen LogP contribution is -2.34. The quantitative estimate of drug-likeness (QED) is 0.206. The minimum absolute atomic E-state index is 0.0352. The second kappa shape index (κ2) is 13.3. The average molecular weight is 363 g/mol. The molecular weight excluding hydrogens is 336 g/mol. The number of unbranched alkanes of at least 4 members (excludes halogenated alkanes) is 1. The number of rotatable bonds is 12. The van der Waals surface area contributed by atoms with Gasteiger partial charge >= 0.3 is 5.97 Å². The third-order valence-corrected chi connectivity index (χ3v) is 3.86. The summed E-state index contributed by atoms with van der Waals surface area (Å²) in [5, 5.41) is 14.2. The van der Waals surface area contributed by atoms with Crippen LogP contribution in [0.25, 0.3) is 0 Å². The maximum Gasteiger partial charge on any atom is 0.331 e. The van der Waals surface area contributed by atoms with Gasteiger partial charge in [0.05, 0.1) is 0 Å². The molecule has 0 aromatic heterocycles. The van der Waals surface area contributed by atoms with Gasteiger partial charge in [-0.15, -0.1) is 0 Å². The van der Waals surface area contributed by atoms with E-state index >= 15 is 0 Å². The van der Waals surface area contributed by atoms with Gasteiger partial charge in [-0.05, 0) is 31.9 Å². The summed E-state index contributed by atoms with van der Waals surface area (Å²) in [5.74, 6) is -0.850. The molecule has 0 aliphatic carbocycles. The molecule has 1 atom stereocenters. The second-order valence-electron chi connectivity index (χ2n) is 5.19. The molecule has 0 heterocycles. The summed E-state index contributed by atoms with van der Waals surface area (Å²) >= 11 is 8.58. The predicted octanol–water partition coefficient (Wildman–Crippen LogP) is 1.43. The molecule has 23 heavy (non-hydrogen) atoms. The predicted molar refractivity (Wildman–Crippen MR) is 97.1 cm³/mol. The molecule has 0 fully saturated rings. The number of amides is 2. The van der Waals surface area contributed by atoms with Crippen molar-refractivity contribution in [2.24, 2.45) is 0 Å². The highest BCUT2D eigenvalue weighted by Gasteiger charge is 2.05. The molecule has 6 nitrogen and oxygen atoms in total. The Labute approximate surface area is 148 Å². The molecule has 0 aliphatic rings. The van der Waals surface area contributed by atoms with Crippen molar-refractivity contribution in [2.75, 3.05) is 18.8 Å². The Morgan fingerprint density at radius 1 is 1.13 bits per heavy atom. The van der Waals surface area contributed by atoms with Crippen LogP contribution < -0.4 is 10.6 Å². The molecule has 8 heteroatoms. The first-order chi connectivity index (χ1) is 10.9. The maximum absolute atomic E-state index is 11.6. The fraction of sp³-hybridized carbons (Fsp3) is 0.667. The summed E-state index contributed by atoms with van der Waals surface area (Å²) in [6, 6.07) is 0. The standard InChI is InChI=1S/C15H26N2O4S2/c1-11(15(20)21)10-14(19)17-8-7-16-13(18)5-3-2-4-12(23)6-9-22/h10,12,22-23H,2-9H2,1H3,(H,16,18)(H,17,19)(H,20,21)/b11-10+. The molecule has 2 amide bonds. The fourth-order valence-corrected chi connectivity index (χ4v) is 2.57. The van der Waals surface area contributed by atoms with Gasteiger partial charge in [0.1, 0.15) is 0 Å². The first kappa shape index (κ1) is 21.9. The number of aliphatic carboxylic acids is 1. The zero-order valence-corrected chi connectivity index (χ0v) is 15.2. The number of nitrogens with one attached hydrogen (secondary N) is 2. The maximum atomic E-state index is 11.6. The Bertz CT molecular complexity index is 428. The van der Waals surface area contributed by atoms with Crippen molar-refractivity contribution in [1.29, 1.82) is 0 Å².